The summed E-state index contributed by atoms with van der Waals surface area (Å²) < 4.78 is 5.50. The van der Waals surface area contributed by atoms with Crippen LogP contribution in [0.3, 0.4) is 0 Å². The second kappa shape index (κ2) is 7.23. The number of nitrogens with one attached hydrogen (secondary N) is 1. The predicted octanol–water partition coefficient (Wildman–Crippen LogP) is 2.53. The lowest BCUT2D eigenvalue weighted by Gasteiger charge is -2.34. The molecule has 1 saturated heterocycles. The van der Waals surface area contributed by atoms with Gasteiger partial charge in [0.15, 0.2) is 0 Å². The van der Waals surface area contributed by atoms with Gasteiger partial charge in [-0.15, -0.1) is 0 Å². The van der Waals surface area contributed by atoms with E-state index in [0.717, 1.165) is 42.6 Å². The fourth-order valence-electron chi connectivity index (χ4n) is 3.29. The molecule has 1 N–H and O–H groups in total. The van der Waals surface area contributed by atoms with Crippen LogP contribution < -0.4 is 10.1 Å². The molecule has 2 rings (SSSR count). The van der Waals surface area contributed by atoms with Crippen LogP contribution >= 0.6 is 0 Å². The fourth-order valence-corrected chi connectivity index (χ4v) is 3.29. The van der Waals surface area contributed by atoms with Crippen LogP contribution in [0.5, 0.6) is 5.75 Å². The summed E-state index contributed by atoms with van der Waals surface area (Å²) in [5.41, 5.74) is 3.45. The number of hydrogen-bond acceptors (Lipinski definition) is 4. The van der Waals surface area contributed by atoms with Crippen LogP contribution in [-0.2, 0) is 6.54 Å². The third-order valence-corrected chi connectivity index (χ3v) is 4.92. The predicted molar refractivity (Wildman–Crippen MR) is 86.8 cm³/mol. The summed E-state index contributed by atoms with van der Waals surface area (Å²) in [5.74, 6) is 1.78. The van der Waals surface area contributed by atoms with Gasteiger partial charge in [-0.2, -0.15) is 0 Å². The second-order valence-corrected chi connectivity index (χ2v) is 6.24. The Morgan fingerprint density at radius 1 is 1.38 bits per heavy atom. The first-order valence-corrected chi connectivity index (χ1v) is 7.95. The number of nitrogens with zero attached hydrogens (tertiary/aromatic N) is 2. The molecule has 0 aromatic carbocycles. The first kappa shape index (κ1) is 16.2. The molecule has 1 aromatic heterocycles. The van der Waals surface area contributed by atoms with E-state index in [4.69, 9.17) is 4.74 Å². The quantitative estimate of drug-likeness (QED) is 0.904. The normalized spacial score (nSPS) is 18.7. The van der Waals surface area contributed by atoms with E-state index in [0.29, 0.717) is 6.04 Å². The zero-order valence-corrected chi connectivity index (χ0v) is 14.1. The molecule has 0 bridgehead atoms. The van der Waals surface area contributed by atoms with Crippen molar-refractivity contribution in [3.8, 4) is 5.75 Å². The summed E-state index contributed by atoms with van der Waals surface area (Å²) in [6, 6.07) is 0.617. The zero-order chi connectivity index (χ0) is 15.4. The van der Waals surface area contributed by atoms with Gasteiger partial charge >= 0.3 is 0 Å². The fraction of sp³-hybridized carbons (Fsp3) is 0.706. The highest BCUT2D eigenvalue weighted by Gasteiger charge is 2.23. The van der Waals surface area contributed by atoms with E-state index in [2.05, 4.69) is 36.1 Å². The SMILES string of the molecule is CNC(C)C1CCN(Cc2ncc(C)c(OC)c2C)CC1. The molecule has 4 heteroatoms. The van der Waals surface area contributed by atoms with Crippen molar-refractivity contribution in [3.05, 3.63) is 23.0 Å². The molecule has 2 heterocycles. The number of piperidine rings is 1. The molecule has 1 unspecified atom stereocenters. The Balaban J connectivity index is 1.98. The molecular formula is C17H29N3O. The number of hydrogen-bond donors (Lipinski definition) is 1. The van der Waals surface area contributed by atoms with Gasteiger partial charge in [0, 0.05) is 29.9 Å². The molecule has 1 fully saturated rings. The molecule has 1 aromatic rings. The first-order chi connectivity index (χ1) is 10.1. The summed E-state index contributed by atoms with van der Waals surface area (Å²) in [6.07, 6.45) is 4.46. The van der Waals surface area contributed by atoms with Crippen LogP contribution in [0.1, 0.15) is 36.6 Å². The number of aryl methyl sites for hydroxylation is 1. The Morgan fingerprint density at radius 3 is 2.62 bits per heavy atom. The van der Waals surface area contributed by atoms with Gasteiger partial charge in [0.25, 0.3) is 0 Å². The van der Waals surface area contributed by atoms with Crippen LogP contribution in [0.25, 0.3) is 0 Å². The molecule has 1 aliphatic rings. The van der Waals surface area contributed by atoms with Gasteiger partial charge in [0.05, 0.1) is 12.8 Å². The average molecular weight is 291 g/mol. The van der Waals surface area contributed by atoms with Crippen LogP contribution in [0, 0.1) is 19.8 Å². The number of methoxy groups -OCH3 is 1. The summed E-state index contributed by atoms with van der Waals surface area (Å²) in [6.45, 7) is 9.71. The summed E-state index contributed by atoms with van der Waals surface area (Å²) in [7, 11) is 3.80. The minimum Gasteiger partial charge on any atom is -0.496 e. The minimum absolute atomic E-state index is 0.617. The largest absolute Gasteiger partial charge is 0.496 e. The van der Waals surface area contributed by atoms with Gasteiger partial charge in [-0.1, -0.05) is 0 Å². The average Bonchev–Trinajstić information content (AvgIpc) is 2.50. The van der Waals surface area contributed by atoms with E-state index in [1.165, 1.54) is 18.4 Å². The highest BCUT2D eigenvalue weighted by Crippen LogP contribution is 2.26. The third-order valence-electron chi connectivity index (χ3n) is 4.92. The van der Waals surface area contributed by atoms with Crippen molar-refractivity contribution >= 4 is 0 Å². The van der Waals surface area contributed by atoms with Gasteiger partial charge in [0.1, 0.15) is 5.75 Å². The number of likely N-dealkylation sites (tertiary alicyclic amines) is 1. The van der Waals surface area contributed by atoms with Crippen molar-refractivity contribution in [2.45, 2.75) is 46.2 Å². The van der Waals surface area contributed by atoms with Gasteiger partial charge in [0.2, 0.25) is 0 Å². The molecule has 118 valence electrons. The minimum atomic E-state index is 0.617. The highest BCUT2D eigenvalue weighted by atomic mass is 16.5. The van der Waals surface area contributed by atoms with E-state index in [1.807, 2.05) is 13.1 Å². The van der Waals surface area contributed by atoms with Crippen LogP contribution in [-0.4, -0.2) is 43.2 Å². The lowest BCUT2D eigenvalue weighted by atomic mass is 9.90. The zero-order valence-electron chi connectivity index (χ0n) is 14.1. The van der Waals surface area contributed by atoms with Gasteiger partial charge < -0.3 is 10.1 Å². The van der Waals surface area contributed by atoms with Crippen molar-refractivity contribution in [1.29, 1.82) is 0 Å². The van der Waals surface area contributed by atoms with Gasteiger partial charge in [-0.25, -0.2) is 0 Å². The Morgan fingerprint density at radius 2 is 2.05 bits per heavy atom. The van der Waals surface area contributed by atoms with Crippen molar-refractivity contribution in [2.24, 2.45) is 5.92 Å². The molecule has 21 heavy (non-hydrogen) atoms. The van der Waals surface area contributed by atoms with Gasteiger partial charge in [-0.3, -0.25) is 9.88 Å². The van der Waals surface area contributed by atoms with E-state index in [9.17, 15) is 0 Å². The maximum atomic E-state index is 5.50. The molecule has 1 aliphatic heterocycles. The number of aromatic nitrogens is 1. The van der Waals surface area contributed by atoms with Crippen molar-refractivity contribution in [3.63, 3.8) is 0 Å². The molecule has 0 radical (unpaired) electrons. The van der Waals surface area contributed by atoms with Crippen LogP contribution in [0.4, 0.5) is 0 Å². The molecule has 0 amide bonds. The van der Waals surface area contributed by atoms with Gasteiger partial charge in [-0.05, 0) is 59.7 Å². The third kappa shape index (κ3) is 3.74. The molecular weight excluding hydrogens is 262 g/mol. The topological polar surface area (TPSA) is 37.4 Å². The Labute approximate surface area is 128 Å². The number of rotatable bonds is 5. The van der Waals surface area contributed by atoms with Crippen LogP contribution in [0.15, 0.2) is 6.20 Å². The Kier molecular flexibility index (Phi) is 5.59. The summed E-state index contributed by atoms with van der Waals surface area (Å²) >= 11 is 0. The number of pyridine rings is 1. The second-order valence-electron chi connectivity index (χ2n) is 6.24. The molecule has 0 spiro atoms. The molecule has 0 saturated carbocycles. The van der Waals surface area contributed by atoms with E-state index >= 15 is 0 Å². The highest BCUT2D eigenvalue weighted by molar-refractivity contribution is 5.41. The lowest BCUT2D eigenvalue weighted by Crippen LogP contribution is -2.40. The van der Waals surface area contributed by atoms with Crippen molar-refractivity contribution < 1.29 is 4.74 Å². The summed E-state index contributed by atoms with van der Waals surface area (Å²) in [4.78, 5) is 7.13. The van der Waals surface area contributed by atoms with Crippen LogP contribution in [0.2, 0.25) is 0 Å². The number of ether oxygens (including phenoxy) is 1. The Bertz CT molecular complexity index is 467. The monoisotopic (exact) mass is 291 g/mol. The van der Waals surface area contributed by atoms with E-state index in [-0.39, 0.29) is 0 Å². The Hall–Kier alpha value is -1.13. The smallest absolute Gasteiger partial charge is 0.128 e. The van der Waals surface area contributed by atoms with E-state index in [1.54, 1.807) is 7.11 Å². The van der Waals surface area contributed by atoms with E-state index < -0.39 is 0 Å². The first-order valence-electron chi connectivity index (χ1n) is 7.95. The standard InChI is InChI=1S/C17H29N3O/c1-12-10-19-16(13(2)17(12)21-5)11-20-8-6-15(7-9-20)14(3)18-4/h10,14-15,18H,6-9,11H2,1-5H3. The summed E-state index contributed by atoms with van der Waals surface area (Å²) in [5, 5.41) is 3.38. The van der Waals surface area contributed by atoms with Crippen molar-refractivity contribution in [1.82, 2.24) is 15.2 Å². The molecule has 4 nitrogen and oxygen atoms in total. The van der Waals surface area contributed by atoms with Crippen molar-refractivity contribution in [2.75, 3.05) is 27.2 Å². The molecule has 1 atom stereocenters. The maximum absolute atomic E-state index is 5.50. The lowest BCUT2D eigenvalue weighted by molar-refractivity contribution is 0.157. The molecule has 0 aliphatic carbocycles. The maximum Gasteiger partial charge on any atom is 0.128 e.